The molecule has 0 amide bonds. The average molecular weight is 118 g/mol. The summed E-state index contributed by atoms with van der Waals surface area (Å²) in [5, 5.41) is 2.76. The molecule has 0 fully saturated rings. The lowest BCUT2D eigenvalue weighted by atomic mass is 10.6. The molecule has 0 unspecified atom stereocenters. The van der Waals surface area contributed by atoms with Gasteiger partial charge in [-0.15, -0.1) is 0 Å². The molecule has 0 bridgehead atoms. The minimum Gasteiger partial charge on any atom is -0.291 e. The van der Waals surface area contributed by atoms with E-state index >= 15 is 0 Å². The molecule has 40 valence electrons. The second-order valence-electron chi connectivity index (χ2n) is 1.30. The maximum atomic E-state index is 8.66. The molecule has 0 aliphatic carbocycles. The molecular formula is C4H6O2S. The Labute approximate surface area is 43.5 Å². The largest absolute Gasteiger partial charge is 0.291 e. The summed E-state index contributed by atoms with van der Waals surface area (Å²) in [5.74, 6) is 0. The molecule has 0 aromatic heterocycles. The Morgan fingerprint density at radius 2 is 1.43 bits per heavy atom. The van der Waals surface area contributed by atoms with Gasteiger partial charge in [0.1, 0.15) is 0 Å². The molecule has 0 aromatic rings. The third-order valence-corrected chi connectivity index (χ3v) is 1.78. The predicted molar refractivity (Wildman–Crippen MR) is 31.1 cm³/mol. The van der Waals surface area contributed by atoms with Crippen LogP contribution < -0.4 is 0 Å². The highest BCUT2D eigenvalue weighted by Gasteiger charge is 2.02. The highest BCUT2D eigenvalue weighted by atomic mass is 32.3. The first kappa shape index (κ1) is 4.90. The first-order valence-corrected chi connectivity index (χ1v) is 3.51. The molecule has 3 heteroatoms. The molecule has 2 N–H and O–H groups in total. The first-order valence-electron chi connectivity index (χ1n) is 1.84. The molecule has 0 radical (unpaired) electrons. The van der Waals surface area contributed by atoms with Crippen molar-refractivity contribution >= 4 is 10.6 Å². The molecule has 7 heavy (non-hydrogen) atoms. The van der Waals surface area contributed by atoms with Crippen LogP contribution in [-0.4, -0.2) is 9.11 Å². The van der Waals surface area contributed by atoms with E-state index in [2.05, 4.69) is 0 Å². The zero-order valence-corrected chi connectivity index (χ0v) is 4.43. The normalized spacial score (nSPS) is 28.3. The van der Waals surface area contributed by atoms with Crippen LogP contribution in [0.15, 0.2) is 23.0 Å². The van der Waals surface area contributed by atoms with Gasteiger partial charge < -0.3 is 0 Å². The van der Waals surface area contributed by atoms with Gasteiger partial charge in [-0.1, -0.05) is 0 Å². The summed E-state index contributed by atoms with van der Waals surface area (Å²) in [7, 11) is -2.41. The van der Waals surface area contributed by atoms with Gasteiger partial charge in [-0.2, -0.15) is 10.6 Å². The van der Waals surface area contributed by atoms with E-state index in [-0.39, 0.29) is 0 Å². The zero-order valence-electron chi connectivity index (χ0n) is 3.61. The monoisotopic (exact) mass is 118 g/mol. The predicted octanol–water partition coefficient (Wildman–Crippen LogP) is 1.78. The third-order valence-electron chi connectivity index (χ3n) is 0.669. The Hall–Kier alpha value is -0.250. The molecule has 1 aliphatic rings. The number of rotatable bonds is 0. The van der Waals surface area contributed by atoms with Crippen molar-refractivity contribution in [3.8, 4) is 0 Å². The van der Waals surface area contributed by atoms with Crippen LogP contribution in [0.1, 0.15) is 0 Å². The molecule has 0 spiro atoms. The van der Waals surface area contributed by atoms with E-state index in [0.717, 1.165) is 0 Å². The number of allylic oxidation sites excluding steroid dienone is 2. The second-order valence-corrected chi connectivity index (χ2v) is 3.12. The fourth-order valence-corrected chi connectivity index (χ4v) is 1.10. The van der Waals surface area contributed by atoms with Gasteiger partial charge in [0.05, 0.1) is 0 Å². The summed E-state index contributed by atoms with van der Waals surface area (Å²) in [4.78, 5) is 0. The van der Waals surface area contributed by atoms with Crippen molar-refractivity contribution in [1.29, 1.82) is 0 Å². The molecule has 2 nitrogen and oxygen atoms in total. The quantitative estimate of drug-likeness (QED) is 0.509. The first-order chi connectivity index (χ1) is 3.21. The Morgan fingerprint density at radius 3 is 1.57 bits per heavy atom. The summed E-state index contributed by atoms with van der Waals surface area (Å²) in [6, 6.07) is 0. The van der Waals surface area contributed by atoms with E-state index in [4.69, 9.17) is 9.11 Å². The third kappa shape index (κ3) is 1.06. The highest BCUT2D eigenvalue weighted by Crippen LogP contribution is 2.44. The fraction of sp³-hybridized carbons (Fsp3) is 0. The van der Waals surface area contributed by atoms with Gasteiger partial charge in [-0.05, 0) is 12.2 Å². The smallest absolute Gasteiger partial charge is 0.0269 e. The summed E-state index contributed by atoms with van der Waals surface area (Å²) in [6.45, 7) is 0. The van der Waals surface area contributed by atoms with Crippen molar-refractivity contribution in [2.24, 2.45) is 0 Å². The van der Waals surface area contributed by atoms with E-state index in [0.29, 0.717) is 0 Å². The maximum absolute atomic E-state index is 8.66. The Balaban J connectivity index is 2.77. The van der Waals surface area contributed by atoms with E-state index in [9.17, 15) is 0 Å². The lowest BCUT2D eigenvalue weighted by molar-refractivity contribution is 0.512. The van der Waals surface area contributed by atoms with Gasteiger partial charge in [0, 0.05) is 10.8 Å². The lowest BCUT2D eigenvalue weighted by Crippen LogP contribution is -1.80. The van der Waals surface area contributed by atoms with Crippen LogP contribution >= 0.6 is 10.6 Å². The Bertz CT molecular complexity index is 112. The Morgan fingerprint density at radius 1 is 1.00 bits per heavy atom. The highest BCUT2D eigenvalue weighted by molar-refractivity contribution is 8.29. The average Bonchev–Trinajstić information content (AvgIpc) is 1.84. The van der Waals surface area contributed by atoms with Crippen LogP contribution in [0.5, 0.6) is 0 Å². The van der Waals surface area contributed by atoms with E-state index in [1.165, 1.54) is 10.8 Å². The maximum Gasteiger partial charge on any atom is 0.0269 e. The summed E-state index contributed by atoms with van der Waals surface area (Å²) < 4.78 is 17.3. The van der Waals surface area contributed by atoms with Crippen LogP contribution in [0.2, 0.25) is 0 Å². The minimum atomic E-state index is -2.41. The standard InChI is InChI=1S/C4H6O2S/c5-7(6)3-1-2-4-7/h1-6H. The van der Waals surface area contributed by atoms with Crippen LogP contribution in [-0.2, 0) is 0 Å². The molecule has 0 saturated carbocycles. The van der Waals surface area contributed by atoms with Gasteiger partial charge in [0.25, 0.3) is 0 Å². The molecule has 1 aliphatic heterocycles. The van der Waals surface area contributed by atoms with Gasteiger partial charge in [-0.3, -0.25) is 9.11 Å². The van der Waals surface area contributed by atoms with Crippen molar-refractivity contribution < 1.29 is 9.11 Å². The molecule has 0 aromatic carbocycles. The summed E-state index contributed by atoms with van der Waals surface area (Å²) in [6.07, 6.45) is 3.24. The van der Waals surface area contributed by atoms with Gasteiger partial charge in [0.2, 0.25) is 0 Å². The number of hydrogen-bond donors (Lipinski definition) is 2. The van der Waals surface area contributed by atoms with Gasteiger partial charge in [0.15, 0.2) is 0 Å². The summed E-state index contributed by atoms with van der Waals surface area (Å²) in [5.41, 5.74) is 0. The lowest BCUT2D eigenvalue weighted by Gasteiger charge is -2.18. The van der Waals surface area contributed by atoms with Crippen molar-refractivity contribution in [3.05, 3.63) is 23.0 Å². The topological polar surface area (TPSA) is 40.5 Å². The molecule has 0 saturated heterocycles. The van der Waals surface area contributed by atoms with Crippen molar-refractivity contribution in [2.75, 3.05) is 0 Å². The van der Waals surface area contributed by atoms with Crippen LogP contribution in [0.3, 0.4) is 0 Å². The molecule has 1 rings (SSSR count). The van der Waals surface area contributed by atoms with E-state index in [1.807, 2.05) is 0 Å². The SMILES string of the molecule is OS1(O)C=CC=C1. The summed E-state index contributed by atoms with van der Waals surface area (Å²) >= 11 is 0. The van der Waals surface area contributed by atoms with E-state index < -0.39 is 10.6 Å². The van der Waals surface area contributed by atoms with Crippen LogP contribution in [0.4, 0.5) is 0 Å². The fourth-order valence-electron chi connectivity index (χ4n) is 0.367. The van der Waals surface area contributed by atoms with Crippen molar-refractivity contribution in [2.45, 2.75) is 0 Å². The number of hydrogen-bond acceptors (Lipinski definition) is 2. The zero-order chi connectivity index (χ0) is 5.33. The second kappa shape index (κ2) is 1.36. The Kier molecular flexibility index (Phi) is 0.955. The molecule has 0 atom stereocenters. The van der Waals surface area contributed by atoms with E-state index in [1.54, 1.807) is 12.2 Å². The van der Waals surface area contributed by atoms with Crippen molar-refractivity contribution in [3.63, 3.8) is 0 Å². The van der Waals surface area contributed by atoms with Crippen LogP contribution in [0, 0.1) is 0 Å². The van der Waals surface area contributed by atoms with Gasteiger partial charge in [-0.25, -0.2) is 0 Å². The minimum absolute atomic E-state index is 1.38. The van der Waals surface area contributed by atoms with Crippen molar-refractivity contribution in [1.82, 2.24) is 0 Å². The van der Waals surface area contributed by atoms with Crippen LogP contribution in [0.25, 0.3) is 0 Å². The van der Waals surface area contributed by atoms with Gasteiger partial charge >= 0.3 is 0 Å². The molecule has 1 heterocycles. The molecular weight excluding hydrogens is 112 g/mol.